The van der Waals surface area contributed by atoms with Crippen LogP contribution >= 0.6 is 11.8 Å². The average molecular weight is 327 g/mol. The molecule has 2 atom stereocenters. The van der Waals surface area contributed by atoms with Gasteiger partial charge in [0.1, 0.15) is 29.9 Å². The number of thioether (sulfide) groups is 1. The van der Waals surface area contributed by atoms with Gasteiger partial charge in [-0.15, -0.1) is 0 Å². The fourth-order valence-electron chi connectivity index (χ4n) is 2.18. The highest BCUT2D eigenvalue weighted by Gasteiger charge is 2.40. The van der Waals surface area contributed by atoms with Gasteiger partial charge in [0.15, 0.2) is 5.12 Å². The fourth-order valence-corrected chi connectivity index (χ4v) is 3.08. The number of aromatic nitrogens is 3. The Morgan fingerprint density at radius 2 is 2.23 bits per heavy atom. The van der Waals surface area contributed by atoms with Crippen molar-refractivity contribution in [2.45, 2.75) is 31.2 Å². The number of carbonyl (C=O) groups excluding carboxylic acids is 1. The molecule has 0 aliphatic heterocycles. The van der Waals surface area contributed by atoms with E-state index in [1.807, 2.05) is 0 Å². The number of nitrogens with zero attached hydrogens (tertiary/aromatic N) is 3. The van der Waals surface area contributed by atoms with Gasteiger partial charge in [0.05, 0.1) is 6.54 Å². The number of rotatable bonds is 5. The molecule has 0 unspecified atom stereocenters. The van der Waals surface area contributed by atoms with Crippen molar-refractivity contribution in [2.24, 2.45) is 0 Å². The lowest BCUT2D eigenvalue weighted by molar-refractivity contribution is -0.109. The van der Waals surface area contributed by atoms with Crippen molar-refractivity contribution >= 4 is 16.9 Å². The quantitative estimate of drug-likeness (QED) is 0.911. The van der Waals surface area contributed by atoms with Gasteiger partial charge in [-0.05, 0) is 13.0 Å². The summed E-state index contributed by atoms with van der Waals surface area (Å²) in [5.41, 5.74) is -1.84. The van der Waals surface area contributed by atoms with Crippen LogP contribution < -0.4 is 0 Å². The Hall–Kier alpha value is -1.80. The molecule has 0 fully saturated rings. The highest BCUT2D eigenvalue weighted by atomic mass is 32.2. The second-order valence-corrected chi connectivity index (χ2v) is 6.41. The first kappa shape index (κ1) is 16.6. The SMILES string of the molecule is CC(=O)S[C@H](C)[C@](O)(Cn1cncn1)c1ccc(F)cc1F. The average Bonchev–Trinajstić information content (AvgIpc) is 2.90. The van der Waals surface area contributed by atoms with Gasteiger partial charge in [-0.2, -0.15) is 5.10 Å². The molecule has 118 valence electrons. The smallest absolute Gasteiger partial charge is 0.186 e. The van der Waals surface area contributed by atoms with Gasteiger partial charge in [0.25, 0.3) is 0 Å². The van der Waals surface area contributed by atoms with Crippen LogP contribution in [0.1, 0.15) is 19.4 Å². The van der Waals surface area contributed by atoms with E-state index in [1.54, 1.807) is 6.92 Å². The molecule has 22 heavy (non-hydrogen) atoms. The molecule has 0 amide bonds. The van der Waals surface area contributed by atoms with Crippen molar-refractivity contribution in [3.05, 3.63) is 48.1 Å². The Bertz CT molecular complexity index is 666. The minimum atomic E-state index is -1.75. The molecule has 0 aliphatic carbocycles. The van der Waals surface area contributed by atoms with Crippen LogP contribution in [0.2, 0.25) is 0 Å². The highest BCUT2D eigenvalue weighted by Crippen LogP contribution is 2.36. The predicted molar refractivity (Wildman–Crippen MR) is 78.0 cm³/mol. The lowest BCUT2D eigenvalue weighted by Gasteiger charge is -2.33. The van der Waals surface area contributed by atoms with Gasteiger partial charge >= 0.3 is 0 Å². The molecule has 0 aliphatic rings. The lowest BCUT2D eigenvalue weighted by Crippen LogP contribution is -2.41. The van der Waals surface area contributed by atoms with Crippen LogP contribution in [0.5, 0.6) is 0 Å². The van der Waals surface area contributed by atoms with Gasteiger partial charge in [0, 0.05) is 23.8 Å². The van der Waals surface area contributed by atoms with Crippen molar-refractivity contribution in [1.29, 1.82) is 0 Å². The number of benzene rings is 1. The minimum absolute atomic E-state index is 0.0920. The van der Waals surface area contributed by atoms with Crippen LogP contribution in [0, 0.1) is 11.6 Å². The monoisotopic (exact) mass is 327 g/mol. The van der Waals surface area contributed by atoms with E-state index in [2.05, 4.69) is 10.1 Å². The zero-order valence-electron chi connectivity index (χ0n) is 12.0. The van der Waals surface area contributed by atoms with Crippen molar-refractivity contribution in [1.82, 2.24) is 14.8 Å². The third kappa shape index (κ3) is 3.50. The van der Waals surface area contributed by atoms with Crippen LogP contribution in [0.3, 0.4) is 0 Å². The Morgan fingerprint density at radius 1 is 1.50 bits per heavy atom. The second-order valence-electron chi connectivity index (χ2n) is 4.89. The molecule has 8 heteroatoms. The third-order valence-corrected chi connectivity index (χ3v) is 4.36. The molecule has 1 aromatic heterocycles. The molecule has 0 bridgehead atoms. The second kappa shape index (κ2) is 6.53. The van der Waals surface area contributed by atoms with E-state index in [0.717, 1.165) is 17.8 Å². The van der Waals surface area contributed by atoms with E-state index in [9.17, 15) is 18.7 Å². The van der Waals surface area contributed by atoms with E-state index in [0.29, 0.717) is 6.07 Å². The zero-order chi connectivity index (χ0) is 16.3. The molecule has 0 spiro atoms. The standard InChI is InChI=1S/C14H15F2N3O2S/c1-9(22-10(2)20)14(21,6-19-8-17-7-18-19)12-4-3-11(15)5-13(12)16/h3-5,7-9,21H,6H2,1-2H3/t9-,14-/m1/s1. The molecule has 0 radical (unpaired) electrons. The fraction of sp³-hybridized carbons (Fsp3) is 0.357. The maximum absolute atomic E-state index is 14.1. The summed E-state index contributed by atoms with van der Waals surface area (Å²) in [5.74, 6) is -1.62. The van der Waals surface area contributed by atoms with Gasteiger partial charge in [-0.25, -0.2) is 18.4 Å². The summed E-state index contributed by atoms with van der Waals surface area (Å²) >= 11 is 0.880. The van der Waals surface area contributed by atoms with Gasteiger partial charge in [0.2, 0.25) is 0 Å². The third-order valence-electron chi connectivity index (χ3n) is 3.28. The lowest BCUT2D eigenvalue weighted by atomic mass is 9.90. The minimum Gasteiger partial charge on any atom is -0.382 e. The summed E-state index contributed by atoms with van der Waals surface area (Å²) in [6, 6.07) is 2.95. The van der Waals surface area contributed by atoms with Gasteiger partial charge in [-0.3, -0.25) is 4.79 Å². The Labute approximate surface area is 130 Å². The molecule has 2 rings (SSSR count). The van der Waals surface area contributed by atoms with E-state index < -0.39 is 22.5 Å². The predicted octanol–water partition coefficient (Wildman–Crippen LogP) is 2.11. The van der Waals surface area contributed by atoms with Crippen molar-refractivity contribution in [2.75, 3.05) is 0 Å². The Kier molecular flexibility index (Phi) is 4.92. The van der Waals surface area contributed by atoms with Crippen LogP contribution in [0.4, 0.5) is 8.78 Å². The molecule has 2 aromatic rings. The van der Waals surface area contributed by atoms with Crippen LogP contribution in [0.15, 0.2) is 30.9 Å². The molecule has 1 N–H and O–H groups in total. The highest BCUT2D eigenvalue weighted by molar-refractivity contribution is 8.14. The Morgan fingerprint density at radius 3 is 2.77 bits per heavy atom. The largest absolute Gasteiger partial charge is 0.382 e. The van der Waals surface area contributed by atoms with Crippen LogP contribution in [-0.2, 0) is 16.9 Å². The first-order valence-corrected chi connectivity index (χ1v) is 7.38. The van der Waals surface area contributed by atoms with Crippen molar-refractivity contribution < 1.29 is 18.7 Å². The first-order chi connectivity index (χ1) is 10.3. The maximum atomic E-state index is 14.1. The van der Waals surface area contributed by atoms with E-state index >= 15 is 0 Å². The zero-order valence-corrected chi connectivity index (χ0v) is 12.8. The van der Waals surface area contributed by atoms with E-state index in [-0.39, 0.29) is 17.2 Å². The summed E-state index contributed by atoms with van der Waals surface area (Å²) in [6.07, 6.45) is 2.65. The molecule has 5 nitrogen and oxygen atoms in total. The first-order valence-electron chi connectivity index (χ1n) is 6.50. The molecular weight excluding hydrogens is 312 g/mol. The van der Waals surface area contributed by atoms with Crippen LogP contribution in [-0.4, -0.2) is 30.2 Å². The molecule has 1 heterocycles. The summed E-state index contributed by atoms with van der Waals surface area (Å²) in [7, 11) is 0. The topological polar surface area (TPSA) is 68.0 Å². The summed E-state index contributed by atoms with van der Waals surface area (Å²) in [5, 5.41) is 14.0. The molecule has 0 saturated carbocycles. The van der Waals surface area contributed by atoms with Gasteiger partial charge < -0.3 is 5.11 Å². The normalized spacial score (nSPS) is 15.3. The summed E-state index contributed by atoms with van der Waals surface area (Å²) < 4.78 is 28.6. The maximum Gasteiger partial charge on any atom is 0.186 e. The summed E-state index contributed by atoms with van der Waals surface area (Å²) in [6.45, 7) is 2.85. The number of hydrogen-bond donors (Lipinski definition) is 1. The molecule has 1 aromatic carbocycles. The summed E-state index contributed by atoms with van der Waals surface area (Å²) in [4.78, 5) is 15.1. The van der Waals surface area contributed by atoms with E-state index in [1.165, 1.54) is 30.3 Å². The van der Waals surface area contributed by atoms with Gasteiger partial charge in [-0.1, -0.05) is 17.8 Å². The molecule has 0 saturated heterocycles. The Balaban J connectivity index is 2.45. The van der Waals surface area contributed by atoms with Crippen LogP contribution in [0.25, 0.3) is 0 Å². The number of aliphatic hydroxyl groups is 1. The number of halogens is 2. The number of hydrogen-bond acceptors (Lipinski definition) is 5. The van der Waals surface area contributed by atoms with Crippen molar-refractivity contribution in [3.63, 3.8) is 0 Å². The van der Waals surface area contributed by atoms with Crippen molar-refractivity contribution in [3.8, 4) is 0 Å². The number of carbonyl (C=O) groups is 1. The van der Waals surface area contributed by atoms with E-state index in [4.69, 9.17) is 0 Å². The molecular formula is C14H15F2N3O2S.